The van der Waals surface area contributed by atoms with Crippen LogP contribution in [-0.4, -0.2) is 12.0 Å². The van der Waals surface area contributed by atoms with Crippen LogP contribution in [-0.2, 0) is 4.79 Å². The van der Waals surface area contributed by atoms with Gasteiger partial charge in [-0.25, -0.2) is 4.39 Å². The first-order chi connectivity index (χ1) is 7.56. The molecule has 0 saturated heterocycles. The van der Waals surface area contributed by atoms with Crippen molar-refractivity contribution in [3.05, 3.63) is 24.0 Å². The minimum absolute atomic E-state index is 0.159. The zero-order chi connectivity index (χ0) is 11.7. The van der Waals surface area contributed by atoms with E-state index in [2.05, 4.69) is 5.32 Å². The van der Waals surface area contributed by atoms with E-state index in [1.165, 1.54) is 18.2 Å². The maximum atomic E-state index is 13.0. The van der Waals surface area contributed by atoms with Gasteiger partial charge in [0.05, 0.1) is 5.69 Å². The minimum Gasteiger partial charge on any atom is -0.478 e. The molecule has 1 aliphatic heterocycles. The average Bonchev–Trinajstić information content (AvgIpc) is 2.19. The molecule has 0 aliphatic carbocycles. The Hall–Kier alpha value is -1.58. The molecule has 86 valence electrons. The quantitative estimate of drug-likeness (QED) is 0.836. The highest BCUT2D eigenvalue weighted by Gasteiger charge is 2.28. The van der Waals surface area contributed by atoms with Gasteiger partial charge in [0, 0.05) is 6.07 Å². The Morgan fingerprint density at radius 2 is 2.25 bits per heavy atom. The summed E-state index contributed by atoms with van der Waals surface area (Å²) in [5.41, 5.74) is 0.534. The van der Waals surface area contributed by atoms with Gasteiger partial charge in [0.2, 0.25) is 0 Å². The third-order valence-electron chi connectivity index (χ3n) is 2.45. The van der Waals surface area contributed by atoms with E-state index in [4.69, 9.17) is 4.74 Å². The van der Waals surface area contributed by atoms with Crippen molar-refractivity contribution in [1.29, 1.82) is 0 Å². The van der Waals surface area contributed by atoms with Gasteiger partial charge in [-0.05, 0) is 24.5 Å². The number of carbonyl (C=O) groups excluding carboxylic acids is 1. The van der Waals surface area contributed by atoms with E-state index in [1.807, 2.05) is 13.8 Å². The summed E-state index contributed by atoms with van der Waals surface area (Å²) in [6.45, 7) is 4.02. The lowest BCUT2D eigenvalue weighted by molar-refractivity contribution is -0.124. The van der Waals surface area contributed by atoms with Crippen LogP contribution in [0.2, 0.25) is 0 Å². The van der Waals surface area contributed by atoms with Crippen LogP contribution in [0, 0.1) is 11.7 Å². The van der Waals surface area contributed by atoms with Gasteiger partial charge in [-0.15, -0.1) is 0 Å². The summed E-state index contributed by atoms with van der Waals surface area (Å²) in [4.78, 5) is 11.6. The summed E-state index contributed by atoms with van der Waals surface area (Å²) < 4.78 is 18.5. The van der Waals surface area contributed by atoms with Crippen LogP contribution in [0.15, 0.2) is 18.2 Å². The van der Waals surface area contributed by atoms with E-state index in [1.54, 1.807) is 0 Å². The number of anilines is 1. The molecule has 1 amide bonds. The number of ether oxygens (including phenoxy) is 1. The Bertz CT molecular complexity index is 417. The molecule has 1 heterocycles. The summed E-state index contributed by atoms with van der Waals surface area (Å²) in [5, 5.41) is 2.71. The fourth-order valence-corrected chi connectivity index (χ4v) is 1.70. The van der Waals surface area contributed by atoms with Crippen LogP contribution in [0.25, 0.3) is 0 Å². The summed E-state index contributed by atoms with van der Waals surface area (Å²) >= 11 is 0. The van der Waals surface area contributed by atoms with Gasteiger partial charge in [-0.1, -0.05) is 13.8 Å². The van der Waals surface area contributed by atoms with Crippen LogP contribution in [0.3, 0.4) is 0 Å². The molecule has 1 aromatic rings. The lowest BCUT2D eigenvalue weighted by Gasteiger charge is -2.26. The summed E-state index contributed by atoms with van der Waals surface area (Å²) in [6, 6.07) is 4.10. The molecule has 1 N–H and O–H groups in total. The molecule has 16 heavy (non-hydrogen) atoms. The molecular weight excluding hydrogens is 209 g/mol. The Morgan fingerprint density at radius 3 is 2.94 bits per heavy atom. The Kier molecular flexibility index (Phi) is 2.81. The SMILES string of the molecule is CC(C)CC1Oc2cc(F)ccc2NC1=O. The predicted molar refractivity (Wildman–Crippen MR) is 58.9 cm³/mol. The number of benzene rings is 1. The third-order valence-corrected chi connectivity index (χ3v) is 2.45. The highest BCUT2D eigenvalue weighted by atomic mass is 19.1. The van der Waals surface area contributed by atoms with E-state index in [0.29, 0.717) is 23.8 Å². The Labute approximate surface area is 93.6 Å². The van der Waals surface area contributed by atoms with Crippen LogP contribution < -0.4 is 10.1 Å². The minimum atomic E-state index is -0.519. The number of fused-ring (bicyclic) bond motifs is 1. The molecule has 0 bridgehead atoms. The predicted octanol–water partition coefficient (Wildman–Crippen LogP) is 2.57. The number of hydrogen-bond acceptors (Lipinski definition) is 2. The van der Waals surface area contributed by atoms with Gasteiger partial charge in [0.15, 0.2) is 6.10 Å². The van der Waals surface area contributed by atoms with Gasteiger partial charge in [-0.3, -0.25) is 4.79 Å². The number of nitrogens with one attached hydrogen (secondary N) is 1. The van der Waals surface area contributed by atoms with Crippen LogP contribution >= 0.6 is 0 Å². The van der Waals surface area contributed by atoms with Crippen molar-refractivity contribution < 1.29 is 13.9 Å². The van der Waals surface area contributed by atoms with E-state index >= 15 is 0 Å². The first kappa shape index (κ1) is 10.9. The summed E-state index contributed by atoms with van der Waals surface area (Å²) in [6.07, 6.45) is 0.108. The molecule has 0 spiro atoms. The molecule has 0 radical (unpaired) electrons. The molecule has 4 heteroatoms. The van der Waals surface area contributed by atoms with E-state index < -0.39 is 6.10 Å². The molecule has 1 aromatic carbocycles. The van der Waals surface area contributed by atoms with Crippen molar-refractivity contribution in [2.75, 3.05) is 5.32 Å². The summed E-state index contributed by atoms with van der Waals surface area (Å²) in [7, 11) is 0. The topological polar surface area (TPSA) is 38.3 Å². The van der Waals surface area contributed by atoms with Crippen molar-refractivity contribution in [1.82, 2.24) is 0 Å². The molecule has 1 unspecified atom stereocenters. The Morgan fingerprint density at radius 1 is 1.50 bits per heavy atom. The second-order valence-corrected chi connectivity index (χ2v) is 4.37. The van der Waals surface area contributed by atoms with E-state index in [9.17, 15) is 9.18 Å². The highest BCUT2D eigenvalue weighted by molar-refractivity contribution is 5.97. The fourth-order valence-electron chi connectivity index (χ4n) is 1.70. The van der Waals surface area contributed by atoms with Gasteiger partial charge in [0.1, 0.15) is 11.6 Å². The molecule has 0 fully saturated rings. The maximum absolute atomic E-state index is 13.0. The van der Waals surface area contributed by atoms with Crippen LogP contribution in [0.5, 0.6) is 5.75 Å². The lowest BCUT2D eigenvalue weighted by Crippen LogP contribution is -2.37. The van der Waals surface area contributed by atoms with Crippen molar-refractivity contribution >= 4 is 11.6 Å². The molecule has 0 aromatic heterocycles. The third kappa shape index (κ3) is 2.15. The molecule has 0 saturated carbocycles. The standard InChI is InChI=1S/C12H14FNO2/c1-7(2)5-11-12(15)14-9-4-3-8(13)6-10(9)16-11/h3-4,6-7,11H,5H2,1-2H3,(H,14,15). The second kappa shape index (κ2) is 4.12. The number of carbonyl (C=O) groups is 1. The van der Waals surface area contributed by atoms with Gasteiger partial charge >= 0.3 is 0 Å². The van der Waals surface area contributed by atoms with Crippen molar-refractivity contribution in [3.63, 3.8) is 0 Å². The number of hydrogen-bond donors (Lipinski definition) is 1. The van der Waals surface area contributed by atoms with Gasteiger partial charge in [-0.2, -0.15) is 0 Å². The first-order valence-corrected chi connectivity index (χ1v) is 5.33. The largest absolute Gasteiger partial charge is 0.478 e. The maximum Gasteiger partial charge on any atom is 0.265 e. The summed E-state index contributed by atoms with van der Waals surface area (Å²) in [5.74, 6) is 0.238. The lowest BCUT2D eigenvalue weighted by atomic mass is 10.0. The van der Waals surface area contributed by atoms with Crippen molar-refractivity contribution in [2.45, 2.75) is 26.4 Å². The van der Waals surface area contributed by atoms with Gasteiger partial charge < -0.3 is 10.1 Å². The van der Waals surface area contributed by atoms with Crippen LogP contribution in [0.1, 0.15) is 20.3 Å². The van der Waals surface area contributed by atoms with Crippen LogP contribution in [0.4, 0.5) is 10.1 Å². The number of amides is 1. The van der Waals surface area contributed by atoms with E-state index in [0.717, 1.165) is 0 Å². The monoisotopic (exact) mass is 223 g/mol. The van der Waals surface area contributed by atoms with Gasteiger partial charge in [0.25, 0.3) is 5.91 Å². The average molecular weight is 223 g/mol. The van der Waals surface area contributed by atoms with Crippen molar-refractivity contribution in [2.24, 2.45) is 5.92 Å². The Balaban J connectivity index is 2.22. The number of rotatable bonds is 2. The number of halogens is 1. The highest BCUT2D eigenvalue weighted by Crippen LogP contribution is 2.31. The van der Waals surface area contributed by atoms with E-state index in [-0.39, 0.29) is 11.7 Å². The normalized spacial score (nSPS) is 19.0. The fraction of sp³-hybridized carbons (Fsp3) is 0.417. The molecule has 3 nitrogen and oxygen atoms in total. The molecule has 1 atom stereocenters. The smallest absolute Gasteiger partial charge is 0.265 e. The zero-order valence-corrected chi connectivity index (χ0v) is 9.29. The first-order valence-electron chi connectivity index (χ1n) is 5.33. The molecule has 2 rings (SSSR count). The molecule has 1 aliphatic rings. The molecular formula is C12H14FNO2. The second-order valence-electron chi connectivity index (χ2n) is 4.37. The van der Waals surface area contributed by atoms with Crippen molar-refractivity contribution in [3.8, 4) is 5.75 Å². The zero-order valence-electron chi connectivity index (χ0n) is 9.29.